The number of anilines is 3. The zero-order valence-corrected chi connectivity index (χ0v) is 21.2. The summed E-state index contributed by atoms with van der Waals surface area (Å²) in [6, 6.07) is 25.3. The van der Waals surface area contributed by atoms with E-state index in [2.05, 4.69) is 49.2 Å². The first-order chi connectivity index (χ1) is 19.3. The molecule has 206 valence electrons. The maximum atomic E-state index is 12.5. The van der Waals surface area contributed by atoms with Crippen molar-refractivity contribution in [3.8, 4) is 5.75 Å². The normalized spacial score (nSPS) is 14.2. The van der Waals surface area contributed by atoms with Crippen LogP contribution in [0.3, 0.4) is 0 Å². The van der Waals surface area contributed by atoms with Gasteiger partial charge in [0, 0.05) is 31.9 Å². The molecule has 5 rings (SSSR count). The van der Waals surface area contributed by atoms with Crippen molar-refractivity contribution >= 4 is 23.0 Å². The second-order valence-electron chi connectivity index (χ2n) is 9.10. The first-order valence-corrected chi connectivity index (χ1v) is 12.5. The highest BCUT2D eigenvalue weighted by Gasteiger charge is 2.33. The number of benzene rings is 3. The molecule has 0 spiro atoms. The van der Waals surface area contributed by atoms with Crippen molar-refractivity contribution in [3.63, 3.8) is 0 Å². The van der Waals surface area contributed by atoms with Gasteiger partial charge in [-0.25, -0.2) is 9.97 Å². The van der Waals surface area contributed by atoms with Crippen LogP contribution in [0, 0.1) is 10.1 Å². The molecule has 4 aromatic rings. The van der Waals surface area contributed by atoms with Crippen molar-refractivity contribution in [1.82, 2.24) is 14.9 Å². The molecule has 3 aromatic carbocycles. The first kappa shape index (κ1) is 26.9. The molecule has 40 heavy (non-hydrogen) atoms. The second-order valence-corrected chi connectivity index (χ2v) is 9.10. The number of alkyl halides is 3. The summed E-state index contributed by atoms with van der Waals surface area (Å²) in [4.78, 5) is 24.1. The molecule has 12 heteroatoms. The molecule has 1 N–H and O–H groups in total. The predicted octanol–water partition coefficient (Wildman–Crippen LogP) is 5.94. The molecule has 0 saturated carbocycles. The molecular weight excluding hydrogens is 525 g/mol. The van der Waals surface area contributed by atoms with Crippen molar-refractivity contribution in [2.75, 3.05) is 36.4 Å². The van der Waals surface area contributed by atoms with Crippen LogP contribution < -0.4 is 15.0 Å². The maximum Gasteiger partial charge on any atom is 0.573 e. The van der Waals surface area contributed by atoms with E-state index in [1.54, 1.807) is 0 Å². The largest absolute Gasteiger partial charge is 0.573 e. The molecule has 0 bridgehead atoms. The smallest absolute Gasteiger partial charge is 0.406 e. The number of hydrogen-bond donors (Lipinski definition) is 1. The summed E-state index contributed by atoms with van der Waals surface area (Å²) in [7, 11) is 0. The van der Waals surface area contributed by atoms with E-state index in [0.717, 1.165) is 23.3 Å². The standard InChI is InChI=1S/C28H25F3N6O3/c29-28(30,31)40-23-13-11-22(12-14-23)34-26-25(37(38)39)27(33-19-32-26)36-17-15-35(16-18-36)24(20-7-3-1-4-8-20)21-9-5-2-6-10-21/h1-14,19,24H,15-18H2,(H,32,33,34). The van der Waals surface area contributed by atoms with Crippen LogP contribution >= 0.6 is 0 Å². The van der Waals surface area contributed by atoms with Gasteiger partial charge in [-0.2, -0.15) is 0 Å². The summed E-state index contributed by atoms with van der Waals surface area (Å²) >= 11 is 0. The number of aromatic nitrogens is 2. The average molecular weight is 551 g/mol. The van der Waals surface area contributed by atoms with Gasteiger partial charge in [-0.15, -0.1) is 13.2 Å². The summed E-state index contributed by atoms with van der Waals surface area (Å²) < 4.78 is 41.2. The molecule has 1 aliphatic rings. The summed E-state index contributed by atoms with van der Waals surface area (Å²) in [5.74, 6) is -0.290. The van der Waals surface area contributed by atoms with E-state index >= 15 is 0 Å². The van der Waals surface area contributed by atoms with Gasteiger partial charge in [0.2, 0.25) is 11.6 Å². The molecular formula is C28H25F3N6O3. The van der Waals surface area contributed by atoms with Crippen LogP contribution in [0.2, 0.25) is 0 Å². The van der Waals surface area contributed by atoms with Gasteiger partial charge in [-0.1, -0.05) is 60.7 Å². The minimum Gasteiger partial charge on any atom is -0.406 e. The fourth-order valence-corrected chi connectivity index (χ4v) is 4.81. The van der Waals surface area contributed by atoms with Crippen molar-refractivity contribution in [2.24, 2.45) is 0 Å². The van der Waals surface area contributed by atoms with Gasteiger partial charge in [-0.3, -0.25) is 15.0 Å². The lowest BCUT2D eigenvalue weighted by Gasteiger charge is -2.40. The average Bonchev–Trinajstić information content (AvgIpc) is 2.95. The molecule has 1 saturated heterocycles. The fourth-order valence-electron chi connectivity index (χ4n) is 4.81. The number of nitro groups is 1. The van der Waals surface area contributed by atoms with Crippen LogP contribution in [0.4, 0.5) is 36.2 Å². The van der Waals surface area contributed by atoms with Crippen LogP contribution in [0.25, 0.3) is 0 Å². The highest BCUT2D eigenvalue weighted by atomic mass is 19.4. The Labute approximate surface area is 228 Å². The van der Waals surface area contributed by atoms with E-state index < -0.39 is 17.0 Å². The van der Waals surface area contributed by atoms with Crippen LogP contribution in [-0.4, -0.2) is 52.3 Å². The number of hydrogen-bond acceptors (Lipinski definition) is 8. The van der Waals surface area contributed by atoms with E-state index in [1.165, 1.54) is 18.5 Å². The highest BCUT2D eigenvalue weighted by molar-refractivity contribution is 5.74. The van der Waals surface area contributed by atoms with Crippen LogP contribution in [0.15, 0.2) is 91.3 Å². The van der Waals surface area contributed by atoms with Crippen molar-refractivity contribution in [3.05, 3.63) is 112 Å². The van der Waals surface area contributed by atoms with Gasteiger partial charge in [0.1, 0.15) is 12.1 Å². The van der Waals surface area contributed by atoms with E-state index in [0.29, 0.717) is 31.9 Å². The third kappa shape index (κ3) is 6.29. The molecule has 0 aliphatic carbocycles. The monoisotopic (exact) mass is 550 g/mol. The van der Waals surface area contributed by atoms with E-state index in [-0.39, 0.29) is 23.4 Å². The number of nitrogens with one attached hydrogen (secondary N) is 1. The van der Waals surface area contributed by atoms with Crippen LogP contribution in [0.1, 0.15) is 17.2 Å². The molecule has 9 nitrogen and oxygen atoms in total. The summed E-state index contributed by atoms with van der Waals surface area (Å²) in [5.41, 5.74) is 2.32. The summed E-state index contributed by atoms with van der Waals surface area (Å²) in [6.07, 6.45) is -3.59. The van der Waals surface area contributed by atoms with E-state index in [9.17, 15) is 23.3 Å². The number of rotatable bonds is 8. The highest BCUT2D eigenvalue weighted by Crippen LogP contribution is 2.36. The minimum absolute atomic E-state index is 0.0338. The molecule has 0 atom stereocenters. The summed E-state index contributed by atoms with van der Waals surface area (Å²) in [6.45, 7) is 2.27. The fraction of sp³-hybridized carbons (Fsp3) is 0.214. The second kappa shape index (κ2) is 11.6. The molecule has 2 heterocycles. The van der Waals surface area contributed by atoms with E-state index in [1.807, 2.05) is 41.3 Å². The van der Waals surface area contributed by atoms with Gasteiger partial charge in [0.25, 0.3) is 0 Å². The first-order valence-electron chi connectivity index (χ1n) is 12.5. The number of piperazine rings is 1. The van der Waals surface area contributed by atoms with Gasteiger partial charge in [0.05, 0.1) is 11.0 Å². The maximum absolute atomic E-state index is 12.5. The predicted molar refractivity (Wildman–Crippen MR) is 144 cm³/mol. The molecule has 0 amide bonds. The Morgan fingerprint density at radius 3 is 1.95 bits per heavy atom. The number of halogens is 3. The van der Waals surface area contributed by atoms with Gasteiger partial charge in [0.15, 0.2) is 0 Å². The Morgan fingerprint density at radius 1 is 0.850 bits per heavy atom. The molecule has 0 radical (unpaired) electrons. The zero-order chi connectivity index (χ0) is 28.1. The van der Waals surface area contributed by atoms with E-state index in [4.69, 9.17) is 0 Å². The topological polar surface area (TPSA) is 96.7 Å². The Balaban J connectivity index is 1.34. The lowest BCUT2D eigenvalue weighted by Crippen LogP contribution is -2.48. The number of nitrogens with zero attached hydrogens (tertiary/aromatic N) is 5. The molecule has 1 fully saturated rings. The Bertz CT molecular complexity index is 1390. The summed E-state index contributed by atoms with van der Waals surface area (Å²) in [5, 5.41) is 15.0. The van der Waals surface area contributed by atoms with Crippen molar-refractivity contribution in [1.29, 1.82) is 0 Å². The Morgan fingerprint density at radius 2 is 1.43 bits per heavy atom. The van der Waals surface area contributed by atoms with Gasteiger partial charge < -0.3 is 15.0 Å². The quantitative estimate of drug-likeness (QED) is 0.213. The molecule has 0 unspecified atom stereocenters. The van der Waals surface area contributed by atoms with Crippen molar-refractivity contribution in [2.45, 2.75) is 12.4 Å². The zero-order valence-electron chi connectivity index (χ0n) is 21.2. The lowest BCUT2D eigenvalue weighted by molar-refractivity contribution is -0.383. The Kier molecular flexibility index (Phi) is 7.78. The minimum atomic E-state index is -4.82. The third-order valence-corrected chi connectivity index (χ3v) is 6.55. The molecule has 1 aromatic heterocycles. The van der Waals surface area contributed by atoms with Crippen molar-refractivity contribution < 1.29 is 22.8 Å². The van der Waals surface area contributed by atoms with Gasteiger partial charge in [-0.05, 0) is 35.4 Å². The number of ether oxygens (including phenoxy) is 1. The SMILES string of the molecule is O=[N+]([O-])c1c(Nc2ccc(OC(F)(F)F)cc2)ncnc1N1CCN(C(c2ccccc2)c2ccccc2)CC1. The van der Waals surface area contributed by atoms with Gasteiger partial charge >= 0.3 is 12.0 Å². The van der Waals surface area contributed by atoms with Crippen LogP contribution in [-0.2, 0) is 0 Å². The third-order valence-electron chi connectivity index (χ3n) is 6.55. The van der Waals surface area contributed by atoms with Crippen LogP contribution in [0.5, 0.6) is 5.75 Å². The molecule has 1 aliphatic heterocycles. The Hall–Kier alpha value is -4.71. The lowest BCUT2D eigenvalue weighted by atomic mass is 9.96.